The van der Waals surface area contributed by atoms with Gasteiger partial charge in [0.05, 0.1) is 11.4 Å². The van der Waals surface area contributed by atoms with Crippen molar-refractivity contribution in [2.45, 2.75) is 13.5 Å². The molecule has 3 heteroatoms. The maximum absolute atomic E-state index is 6.14. The number of benzene rings is 2. The zero-order valence-corrected chi connectivity index (χ0v) is 12.3. The van der Waals surface area contributed by atoms with Crippen molar-refractivity contribution < 1.29 is 0 Å². The van der Waals surface area contributed by atoms with Gasteiger partial charge < -0.3 is 10.2 Å². The predicted octanol–water partition coefficient (Wildman–Crippen LogP) is 4.33. The SMILES string of the molecule is Cc1ccc(CNc2ccccc2N(C)C)cc1Cl. The molecule has 19 heavy (non-hydrogen) atoms. The van der Waals surface area contributed by atoms with Crippen LogP contribution in [0.3, 0.4) is 0 Å². The predicted molar refractivity (Wildman–Crippen MR) is 84.3 cm³/mol. The van der Waals surface area contributed by atoms with Crippen LogP contribution in [0.15, 0.2) is 42.5 Å². The van der Waals surface area contributed by atoms with Crippen molar-refractivity contribution in [3.63, 3.8) is 0 Å². The van der Waals surface area contributed by atoms with Crippen LogP contribution < -0.4 is 10.2 Å². The number of rotatable bonds is 4. The molecule has 0 atom stereocenters. The first-order valence-electron chi connectivity index (χ1n) is 6.33. The molecule has 0 aliphatic carbocycles. The summed E-state index contributed by atoms with van der Waals surface area (Å²) in [6, 6.07) is 14.4. The quantitative estimate of drug-likeness (QED) is 0.893. The van der Waals surface area contributed by atoms with Gasteiger partial charge in [0, 0.05) is 25.7 Å². The molecule has 0 saturated heterocycles. The summed E-state index contributed by atoms with van der Waals surface area (Å²) >= 11 is 6.14. The van der Waals surface area contributed by atoms with E-state index in [1.54, 1.807) is 0 Å². The fraction of sp³-hybridized carbons (Fsp3) is 0.250. The maximum atomic E-state index is 6.14. The van der Waals surface area contributed by atoms with Gasteiger partial charge in [-0.2, -0.15) is 0 Å². The van der Waals surface area contributed by atoms with Crippen molar-refractivity contribution in [2.24, 2.45) is 0 Å². The van der Waals surface area contributed by atoms with E-state index in [2.05, 4.69) is 34.5 Å². The Labute approximate surface area is 120 Å². The molecular weight excluding hydrogens is 256 g/mol. The second-order valence-electron chi connectivity index (χ2n) is 4.85. The Kier molecular flexibility index (Phi) is 4.33. The average Bonchev–Trinajstić information content (AvgIpc) is 2.40. The van der Waals surface area contributed by atoms with E-state index in [4.69, 9.17) is 11.6 Å². The molecule has 0 bridgehead atoms. The van der Waals surface area contributed by atoms with Gasteiger partial charge in [-0.05, 0) is 36.2 Å². The van der Waals surface area contributed by atoms with Crippen LogP contribution in [-0.2, 0) is 6.54 Å². The molecule has 0 saturated carbocycles. The highest BCUT2D eigenvalue weighted by molar-refractivity contribution is 6.31. The van der Waals surface area contributed by atoms with Crippen LogP contribution in [0.1, 0.15) is 11.1 Å². The Balaban J connectivity index is 2.12. The van der Waals surface area contributed by atoms with E-state index in [0.717, 1.165) is 22.8 Å². The van der Waals surface area contributed by atoms with Crippen LogP contribution in [-0.4, -0.2) is 14.1 Å². The van der Waals surface area contributed by atoms with Gasteiger partial charge in [0.15, 0.2) is 0 Å². The van der Waals surface area contributed by atoms with Crippen molar-refractivity contribution in [1.29, 1.82) is 0 Å². The molecule has 0 aliphatic rings. The van der Waals surface area contributed by atoms with E-state index in [1.807, 2.05) is 39.2 Å². The molecule has 2 rings (SSSR count). The zero-order chi connectivity index (χ0) is 13.8. The lowest BCUT2D eigenvalue weighted by atomic mass is 10.1. The van der Waals surface area contributed by atoms with Gasteiger partial charge in [-0.1, -0.05) is 35.9 Å². The number of halogens is 1. The summed E-state index contributed by atoms with van der Waals surface area (Å²) in [5.41, 5.74) is 4.60. The van der Waals surface area contributed by atoms with Gasteiger partial charge in [-0.25, -0.2) is 0 Å². The second kappa shape index (κ2) is 5.98. The molecule has 0 amide bonds. The lowest BCUT2D eigenvalue weighted by molar-refractivity contribution is 1.10. The highest BCUT2D eigenvalue weighted by Crippen LogP contribution is 2.24. The molecule has 1 N–H and O–H groups in total. The third kappa shape index (κ3) is 3.42. The smallest absolute Gasteiger partial charge is 0.0596 e. The van der Waals surface area contributed by atoms with Gasteiger partial charge in [0.2, 0.25) is 0 Å². The number of hydrogen-bond donors (Lipinski definition) is 1. The molecule has 2 nitrogen and oxygen atoms in total. The highest BCUT2D eigenvalue weighted by Gasteiger charge is 2.03. The average molecular weight is 275 g/mol. The molecule has 100 valence electrons. The van der Waals surface area contributed by atoms with Crippen LogP contribution in [0.2, 0.25) is 5.02 Å². The zero-order valence-electron chi connectivity index (χ0n) is 11.6. The van der Waals surface area contributed by atoms with E-state index in [-0.39, 0.29) is 0 Å². The monoisotopic (exact) mass is 274 g/mol. The van der Waals surface area contributed by atoms with Crippen molar-refractivity contribution >= 4 is 23.0 Å². The summed E-state index contributed by atoms with van der Waals surface area (Å²) in [6.45, 7) is 2.78. The molecule has 0 aromatic heterocycles. The van der Waals surface area contributed by atoms with Gasteiger partial charge in [0.1, 0.15) is 0 Å². The number of aryl methyl sites for hydroxylation is 1. The normalized spacial score (nSPS) is 10.3. The number of nitrogens with zero attached hydrogens (tertiary/aromatic N) is 1. The minimum Gasteiger partial charge on any atom is -0.379 e. The Morgan fingerprint density at radius 3 is 2.53 bits per heavy atom. The Bertz CT molecular complexity index is 564. The Hall–Kier alpha value is -1.67. The summed E-state index contributed by atoms with van der Waals surface area (Å²) in [4.78, 5) is 2.10. The van der Waals surface area contributed by atoms with Crippen LogP contribution in [0.5, 0.6) is 0 Å². The summed E-state index contributed by atoms with van der Waals surface area (Å²) < 4.78 is 0. The third-order valence-corrected chi connectivity index (χ3v) is 3.51. The minimum atomic E-state index is 0.769. The fourth-order valence-electron chi connectivity index (χ4n) is 1.96. The van der Waals surface area contributed by atoms with E-state index in [1.165, 1.54) is 11.3 Å². The Morgan fingerprint density at radius 2 is 1.84 bits per heavy atom. The molecule has 0 heterocycles. The van der Waals surface area contributed by atoms with E-state index in [0.29, 0.717) is 0 Å². The molecular formula is C16H19ClN2. The molecule has 0 fully saturated rings. The first-order valence-corrected chi connectivity index (χ1v) is 6.71. The van der Waals surface area contributed by atoms with E-state index >= 15 is 0 Å². The van der Waals surface area contributed by atoms with Gasteiger partial charge in [0.25, 0.3) is 0 Å². The van der Waals surface area contributed by atoms with Crippen molar-refractivity contribution in [3.05, 3.63) is 58.6 Å². The third-order valence-electron chi connectivity index (χ3n) is 3.11. The lowest BCUT2D eigenvalue weighted by Crippen LogP contribution is -2.12. The molecule has 0 aliphatic heterocycles. The summed E-state index contributed by atoms with van der Waals surface area (Å²) in [5, 5.41) is 4.28. The van der Waals surface area contributed by atoms with Crippen molar-refractivity contribution in [1.82, 2.24) is 0 Å². The van der Waals surface area contributed by atoms with Crippen LogP contribution in [0.25, 0.3) is 0 Å². The topological polar surface area (TPSA) is 15.3 Å². The maximum Gasteiger partial charge on any atom is 0.0596 e. The van der Waals surface area contributed by atoms with E-state index in [9.17, 15) is 0 Å². The molecule has 2 aromatic rings. The van der Waals surface area contributed by atoms with Gasteiger partial charge in [-0.15, -0.1) is 0 Å². The largest absolute Gasteiger partial charge is 0.379 e. The molecule has 0 radical (unpaired) electrons. The van der Waals surface area contributed by atoms with Crippen LogP contribution in [0, 0.1) is 6.92 Å². The number of hydrogen-bond acceptors (Lipinski definition) is 2. The molecule has 0 spiro atoms. The summed E-state index contributed by atoms with van der Waals surface area (Å²) in [7, 11) is 4.09. The second-order valence-corrected chi connectivity index (χ2v) is 5.26. The highest BCUT2D eigenvalue weighted by atomic mass is 35.5. The van der Waals surface area contributed by atoms with Crippen molar-refractivity contribution in [2.75, 3.05) is 24.3 Å². The van der Waals surface area contributed by atoms with Gasteiger partial charge in [-0.3, -0.25) is 0 Å². The Morgan fingerprint density at radius 1 is 1.11 bits per heavy atom. The fourth-order valence-corrected chi connectivity index (χ4v) is 2.16. The minimum absolute atomic E-state index is 0.769. The first-order chi connectivity index (χ1) is 9.08. The van der Waals surface area contributed by atoms with Crippen LogP contribution >= 0.6 is 11.6 Å². The summed E-state index contributed by atoms with van der Waals surface area (Å²) in [6.07, 6.45) is 0. The lowest BCUT2D eigenvalue weighted by Gasteiger charge is -2.18. The summed E-state index contributed by atoms with van der Waals surface area (Å²) in [5.74, 6) is 0. The molecule has 0 unspecified atom stereocenters. The van der Waals surface area contributed by atoms with E-state index < -0.39 is 0 Å². The number of anilines is 2. The standard InChI is InChI=1S/C16H19ClN2/c1-12-8-9-13(10-14(12)17)11-18-15-6-4-5-7-16(15)19(2)3/h4-10,18H,11H2,1-3H3. The van der Waals surface area contributed by atoms with Crippen LogP contribution in [0.4, 0.5) is 11.4 Å². The number of para-hydroxylation sites is 2. The molecule has 2 aromatic carbocycles. The first kappa shape index (κ1) is 13.8. The van der Waals surface area contributed by atoms with Crippen molar-refractivity contribution in [3.8, 4) is 0 Å². The van der Waals surface area contributed by atoms with Gasteiger partial charge >= 0.3 is 0 Å². The number of nitrogens with one attached hydrogen (secondary N) is 1.